The number of hydrogen-bond acceptors (Lipinski definition) is 3. The molecule has 1 aliphatic heterocycles. The minimum absolute atomic E-state index is 0.134. The lowest BCUT2D eigenvalue weighted by Gasteiger charge is -2.19. The monoisotopic (exact) mass is 155 g/mol. The number of carbonyl (C=O) groups is 1. The standard InChI is InChI=1S/C8H13NO2/c1-6-3-4-9-7(5-6)8(10)11-2/h3,7,9H,4-5H2,1-2H3/t7-/m1/s1. The third kappa shape index (κ3) is 2.05. The summed E-state index contributed by atoms with van der Waals surface area (Å²) in [5.41, 5.74) is 1.25. The number of ether oxygens (including phenoxy) is 1. The first-order valence-corrected chi connectivity index (χ1v) is 3.71. The van der Waals surface area contributed by atoms with E-state index < -0.39 is 0 Å². The number of nitrogens with one attached hydrogen (secondary N) is 1. The first kappa shape index (κ1) is 8.27. The van der Waals surface area contributed by atoms with Crippen molar-refractivity contribution in [2.24, 2.45) is 0 Å². The normalized spacial score (nSPS) is 24.2. The Morgan fingerprint density at radius 2 is 2.55 bits per heavy atom. The van der Waals surface area contributed by atoms with Gasteiger partial charge in [-0.3, -0.25) is 4.79 Å². The zero-order chi connectivity index (χ0) is 8.27. The fourth-order valence-electron chi connectivity index (χ4n) is 1.16. The molecule has 0 radical (unpaired) electrons. The number of carbonyl (C=O) groups excluding carboxylic acids is 1. The van der Waals surface area contributed by atoms with Crippen LogP contribution in [0.3, 0.4) is 0 Å². The van der Waals surface area contributed by atoms with Gasteiger partial charge in [-0.25, -0.2) is 0 Å². The molecule has 0 saturated carbocycles. The van der Waals surface area contributed by atoms with Crippen LogP contribution in [-0.2, 0) is 9.53 Å². The zero-order valence-electron chi connectivity index (χ0n) is 6.89. The molecule has 1 aliphatic rings. The van der Waals surface area contributed by atoms with Crippen molar-refractivity contribution in [2.75, 3.05) is 13.7 Å². The van der Waals surface area contributed by atoms with Gasteiger partial charge in [0.25, 0.3) is 0 Å². The molecule has 0 unspecified atom stereocenters. The van der Waals surface area contributed by atoms with Gasteiger partial charge in [-0.2, -0.15) is 0 Å². The maximum Gasteiger partial charge on any atom is 0.323 e. The number of esters is 1. The Balaban J connectivity index is 2.50. The zero-order valence-corrected chi connectivity index (χ0v) is 6.89. The quantitative estimate of drug-likeness (QED) is 0.442. The van der Waals surface area contributed by atoms with Crippen molar-refractivity contribution < 1.29 is 9.53 Å². The molecular formula is C8H13NO2. The largest absolute Gasteiger partial charge is 0.468 e. The van der Waals surface area contributed by atoms with Crippen LogP contribution in [-0.4, -0.2) is 25.7 Å². The van der Waals surface area contributed by atoms with Gasteiger partial charge in [0.05, 0.1) is 7.11 Å². The van der Waals surface area contributed by atoms with Crippen LogP contribution in [0.4, 0.5) is 0 Å². The maximum absolute atomic E-state index is 11.0. The Bertz CT molecular complexity index is 187. The Morgan fingerprint density at radius 1 is 1.82 bits per heavy atom. The Hall–Kier alpha value is -0.830. The predicted molar refractivity (Wildman–Crippen MR) is 42.2 cm³/mol. The summed E-state index contributed by atoms with van der Waals surface area (Å²) >= 11 is 0. The van der Waals surface area contributed by atoms with Gasteiger partial charge in [-0.1, -0.05) is 11.6 Å². The van der Waals surface area contributed by atoms with E-state index in [1.165, 1.54) is 12.7 Å². The molecule has 0 aromatic carbocycles. The highest BCUT2D eigenvalue weighted by Gasteiger charge is 2.20. The highest BCUT2D eigenvalue weighted by molar-refractivity contribution is 5.76. The molecular weight excluding hydrogens is 142 g/mol. The SMILES string of the molecule is COC(=O)[C@H]1CC(C)=CCN1. The van der Waals surface area contributed by atoms with Gasteiger partial charge >= 0.3 is 5.97 Å². The van der Waals surface area contributed by atoms with Crippen LogP contribution < -0.4 is 5.32 Å². The van der Waals surface area contributed by atoms with Crippen LogP contribution >= 0.6 is 0 Å². The van der Waals surface area contributed by atoms with Crippen LogP contribution in [0.1, 0.15) is 13.3 Å². The van der Waals surface area contributed by atoms with E-state index in [0.29, 0.717) is 0 Å². The van der Waals surface area contributed by atoms with Crippen molar-refractivity contribution >= 4 is 5.97 Å². The molecule has 0 fully saturated rings. The summed E-state index contributed by atoms with van der Waals surface area (Å²) in [7, 11) is 1.41. The van der Waals surface area contributed by atoms with Gasteiger partial charge in [0.2, 0.25) is 0 Å². The van der Waals surface area contributed by atoms with Crippen LogP contribution in [0.2, 0.25) is 0 Å². The Labute approximate surface area is 66.4 Å². The van der Waals surface area contributed by atoms with Gasteiger partial charge in [0.15, 0.2) is 0 Å². The van der Waals surface area contributed by atoms with Crippen LogP contribution in [0.5, 0.6) is 0 Å². The van der Waals surface area contributed by atoms with Crippen molar-refractivity contribution in [1.82, 2.24) is 5.32 Å². The number of hydrogen-bond donors (Lipinski definition) is 1. The van der Waals surface area contributed by atoms with Crippen LogP contribution in [0.25, 0.3) is 0 Å². The van der Waals surface area contributed by atoms with Gasteiger partial charge < -0.3 is 10.1 Å². The molecule has 3 heteroatoms. The fourth-order valence-corrected chi connectivity index (χ4v) is 1.16. The van der Waals surface area contributed by atoms with Gasteiger partial charge in [-0.15, -0.1) is 0 Å². The van der Waals surface area contributed by atoms with Gasteiger partial charge in [0.1, 0.15) is 6.04 Å². The average Bonchev–Trinajstić information content (AvgIpc) is 2.03. The molecule has 0 spiro atoms. The molecule has 0 amide bonds. The van der Waals surface area contributed by atoms with Crippen molar-refractivity contribution in [3.05, 3.63) is 11.6 Å². The fraction of sp³-hybridized carbons (Fsp3) is 0.625. The van der Waals surface area contributed by atoms with Crippen LogP contribution in [0, 0.1) is 0 Å². The molecule has 3 nitrogen and oxygen atoms in total. The molecule has 0 saturated heterocycles. The summed E-state index contributed by atoms with van der Waals surface area (Å²) in [5.74, 6) is -0.169. The summed E-state index contributed by atoms with van der Waals surface area (Å²) < 4.78 is 4.61. The van der Waals surface area contributed by atoms with Crippen molar-refractivity contribution in [3.8, 4) is 0 Å². The molecule has 0 aromatic heterocycles. The smallest absolute Gasteiger partial charge is 0.323 e. The second-order valence-electron chi connectivity index (χ2n) is 2.74. The second kappa shape index (κ2) is 3.53. The second-order valence-corrected chi connectivity index (χ2v) is 2.74. The third-order valence-electron chi connectivity index (χ3n) is 1.83. The van der Waals surface area contributed by atoms with E-state index in [9.17, 15) is 4.79 Å². The van der Waals surface area contributed by atoms with E-state index in [-0.39, 0.29) is 12.0 Å². The lowest BCUT2D eigenvalue weighted by molar-refractivity contribution is -0.143. The van der Waals surface area contributed by atoms with Crippen molar-refractivity contribution in [1.29, 1.82) is 0 Å². The van der Waals surface area contributed by atoms with E-state index >= 15 is 0 Å². The minimum atomic E-state index is -0.169. The highest BCUT2D eigenvalue weighted by atomic mass is 16.5. The Kier molecular flexibility index (Phi) is 2.65. The first-order valence-electron chi connectivity index (χ1n) is 3.71. The first-order chi connectivity index (χ1) is 5.24. The van der Waals surface area contributed by atoms with E-state index in [1.807, 2.05) is 6.92 Å². The van der Waals surface area contributed by atoms with E-state index in [4.69, 9.17) is 0 Å². The molecule has 0 bridgehead atoms. The molecule has 0 aromatic rings. The van der Waals surface area contributed by atoms with Gasteiger partial charge in [0, 0.05) is 6.54 Å². The third-order valence-corrected chi connectivity index (χ3v) is 1.83. The van der Waals surface area contributed by atoms with E-state index in [0.717, 1.165) is 13.0 Å². The summed E-state index contributed by atoms with van der Waals surface area (Å²) in [6.45, 7) is 2.79. The maximum atomic E-state index is 11.0. The van der Waals surface area contributed by atoms with Gasteiger partial charge in [-0.05, 0) is 13.3 Å². The molecule has 1 N–H and O–H groups in total. The molecule has 1 rings (SSSR count). The summed E-state index contributed by atoms with van der Waals surface area (Å²) in [4.78, 5) is 11.0. The number of rotatable bonds is 1. The highest BCUT2D eigenvalue weighted by Crippen LogP contribution is 2.09. The number of methoxy groups -OCH3 is 1. The average molecular weight is 155 g/mol. The Morgan fingerprint density at radius 3 is 3.09 bits per heavy atom. The predicted octanol–water partition coefficient (Wildman–Crippen LogP) is 0.468. The molecule has 1 atom stereocenters. The van der Waals surface area contributed by atoms with Crippen LogP contribution in [0.15, 0.2) is 11.6 Å². The molecule has 11 heavy (non-hydrogen) atoms. The molecule has 0 aliphatic carbocycles. The van der Waals surface area contributed by atoms with Crippen molar-refractivity contribution in [3.63, 3.8) is 0 Å². The minimum Gasteiger partial charge on any atom is -0.468 e. The van der Waals surface area contributed by atoms with E-state index in [1.54, 1.807) is 0 Å². The molecule has 1 heterocycles. The topological polar surface area (TPSA) is 38.3 Å². The molecule has 62 valence electrons. The van der Waals surface area contributed by atoms with Crippen molar-refractivity contribution in [2.45, 2.75) is 19.4 Å². The summed E-state index contributed by atoms with van der Waals surface area (Å²) in [6.07, 6.45) is 2.85. The lowest BCUT2D eigenvalue weighted by Crippen LogP contribution is -2.40. The summed E-state index contributed by atoms with van der Waals surface area (Å²) in [6, 6.07) is -0.134. The van der Waals surface area contributed by atoms with E-state index in [2.05, 4.69) is 16.1 Å². The summed E-state index contributed by atoms with van der Waals surface area (Å²) in [5, 5.41) is 3.05. The lowest BCUT2D eigenvalue weighted by atomic mass is 10.0.